The topological polar surface area (TPSA) is 57.6 Å². The number of hydrogen-bond donors (Lipinski definition) is 1. The Bertz CT molecular complexity index is 301. The molecule has 0 fully saturated rings. The summed E-state index contributed by atoms with van der Waals surface area (Å²) in [4.78, 5) is 0. The molecule has 4 nitrogen and oxygen atoms in total. The van der Waals surface area contributed by atoms with Crippen LogP contribution in [0.5, 0.6) is 0 Å². The first-order valence-corrected chi connectivity index (χ1v) is 5.50. The molecule has 2 N–H and O–H groups in total. The highest BCUT2D eigenvalue weighted by Crippen LogP contribution is 2.11. The minimum atomic E-state index is -0.115. The van der Waals surface area contributed by atoms with Crippen LogP contribution in [-0.2, 0) is 22.6 Å². The molecule has 1 rings (SSSR count). The van der Waals surface area contributed by atoms with Gasteiger partial charge in [-0.1, -0.05) is 0 Å². The van der Waals surface area contributed by atoms with Gasteiger partial charge in [-0.15, -0.1) is 0 Å². The zero-order valence-electron chi connectivity index (χ0n) is 10.3. The van der Waals surface area contributed by atoms with Crippen LogP contribution in [0.15, 0.2) is 16.7 Å². The van der Waals surface area contributed by atoms with Gasteiger partial charge in [0, 0.05) is 12.1 Å². The van der Waals surface area contributed by atoms with E-state index in [1.807, 2.05) is 26.8 Å². The van der Waals surface area contributed by atoms with E-state index in [-0.39, 0.29) is 5.60 Å². The smallest absolute Gasteiger partial charge is 0.133 e. The second kappa shape index (κ2) is 6.03. The van der Waals surface area contributed by atoms with Crippen LogP contribution in [0.25, 0.3) is 0 Å². The zero-order valence-corrected chi connectivity index (χ0v) is 10.3. The van der Waals surface area contributed by atoms with Crippen molar-refractivity contribution in [3.8, 4) is 0 Å². The molecule has 0 saturated carbocycles. The minimum absolute atomic E-state index is 0.115. The molecular formula is C12H21NO3. The van der Waals surface area contributed by atoms with Crippen molar-refractivity contribution in [3.05, 3.63) is 23.7 Å². The summed E-state index contributed by atoms with van der Waals surface area (Å²) in [7, 11) is 0. The molecule has 1 aromatic rings. The lowest BCUT2D eigenvalue weighted by Crippen LogP contribution is -2.21. The molecule has 0 saturated heterocycles. The molecule has 0 atom stereocenters. The lowest BCUT2D eigenvalue weighted by molar-refractivity contribution is -0.0395. The Hall–Kier alpha value is -0.840. The number of nitrogens with two attached hydrogens (primary N) is 1. The SMILES string of the molecule is CC(C)(C)OCCOCc1occc1CN. The van der Waals surface area contributed by atoms with Crippen LogP contribution in [0.3, 0.4) is 0 Å². The molecule has 0 aliphatic heterocycles. The first-order chi connectivity index (χ1) is 7.53. The molecule has 0 aliphatic carbocycles. The van der Waals surface area contributed by atoms with Crippen molar-refractivity contribution in [2.45, 2.75) is 39.5 Å². The van der Waals surface area contributed by atoms with E-state index in [9.17, 15) is 0 Å². The van der Waals surface area contributed by atoms with Crippen LogP contribution in [0.2, 0.25) is 0 Å². The molecule has 0 unspecified atom stereocenters. The van der Waals surface area contributed by atoms with Crippen LogP contribution in [0.1, 0.15) is 32.1 Å². The second-order valence-corrected chi connectivity index (χ2v) is 4.59. The molecule has 0 bridgehead atoms. The van der Waals surface area contributed by atoms with Crippen LogP contribution in [0, 0.1) is 0 Å². The molecule has 0 spiro atoms. The Labute approximate surface area is 96.7 Å². The van der Waals surface area contributed by atoms with E-state index in [2.05, 4.69) is 0 Å². The van der Waals surface area contributed by atoms with E-state index in [0.29, 0.717) is 26.4 Å². The fourth-order valence-electron chi connectivity index (χ4n) is 1.25. The second-order valence-electron chi connectivity index (χ2n) is 4.59. The van der Waals surface area contributed by atoms with Gasteiger partial charge in [0.1, 0.15) is 12.4 Å². The monoisotopic (exact) mass is 227 g/mol. The van der Waals surface area contributed by atoms with Gasteiger partial charge >= 0.3 is 0 Å². The average molecular weight is 227 g/mol. The summed E-state index contributed by atoms with van der Waals surface area (Å²) < 4.78 is 16.2. The Kier molecular flexibility index (Phi) is 4.99. The van der Waals surface area contributed by atoms with Gasteiger partial charge in [0.2, 0.25) is 0 Å². The van der Waals surface area contributed by atoms with Crippen LogP contribution in [0.4, 0.5) is 0 Å². The van der Waals surface area contributed by atoms with Crippen molar-refractivity contribution >= 4 is 0 Å². The molecule has 0 radical (unpaired) electrons. The predicted molar refractivity (Wildman–Crippen MR) is 62.0 cm³/mol. The third-order valence-electron chi connectivity index (χ3n) is 2.05. The van der Waals surface area contributed by atoms with Gasteiger partial charge in [-0.25, -0.2) is 0 Å². The predicted octanol–water partition coefficient (Wildman–Crippen LogP) is 2.07. The van der Waals surface area contributed by atoms with Gasteiger partial charge in [-0.2, -0.15) is 0 Å². The highest BCUT2D eigenvalue weighted by molar-refractivity contribution is 5.15. The lowest BCUT2D eigenvalue weighted by Gasteiger charge is -2.19. The molecule has 4 heteroatoms. The van der Waals surface area contributed by atoms with E-state index >= 15 is 0 Å². The average Bonchev–Trinajstić information content (AvgIpc) is 2.63. The van der Waals surface area contributed by atoms with Crippen molar-refractivity contribution in [3.63, 3.8) is 0 Å². The quantitative estimate of drug-likeness (QED) is 0.756. The minimum Gasteiger partial charge on any atom is -0.467 e. The van der Waals surface area contributed by atoms with E-state index in [0.717, 1.165) is 11.3 Å². The van der Waals surface area contributed by atoms with Crippen LogP contribution in [-0.4, -0.2) is 18.8 Å². The largest absolute Gasteiger partial charge is 0.467 e. The summed E-state index contributed by atoms with van der Waals surface area (Å²) in [6, 6.07) is 1.87. The Morgan fingerprint density at radius 2 is 2.06 bits per heavy atom. The molecule has 92 valence electrons. The first kappa shape index (κ1) is 13.2. The van der Waals surface area contributed by atoms with Gasteiger partial charge < -0.3 is 19.6 Å². The normalized spacial score (nSPS) is 12.0. The van der Waals surface area contributed by atoms with Gasteiger partial charge in [-0.05, 0) is 26.8 Å². The maximum Gasteiger partial charge on any atom is 0.133 e. The maximum atomic E-state index is 5.54. The highest BCUT2D eigenvalue weighted by atomic mass is 16.5. The summed E-state index contributed by atoms with van der Waals surface area (Å²) in [5.41, 5.74) is 6.42. The molecule has 1 aromatic heterocycles. The lowest BCUT2D eigenvalue weighted by atomic mass is 10.2. The molecule has 0 amide bonds. The van der Waals surface area contributed by atoms with Gasteiger partial charge in [0.15, 0.2) is 0 Å². The number of rotatable bonds is 6. The summed E-state index contributed by atoms with van der Waals surface area (Å²) in [6.45, 7) is 8.13. The third kappa shape index (κ3) is 4.79. The Morgan fingerprint density at radius 3 is 2.69 bits per heavy atom. The summed E-state index contributed by atoms with van der Waals surface area (Å²) in [5, 5.41) is 0. The van der Waals surface area contributed by atoms with Crippen molar-refractivity contribution < 1.29 is 13.9 Å². The summed E-state index contributed by atoms with van der Waals surface area (Å²) >= 11 is 0. The van der Waals surface area contributed by atoms with Crippen LogP contribution < -0.4 is 5.73 Å². The number of hydrogen-bond acceptors (Lipinski definition) is 4. The molecular weight excluding hydrogens is 206 g/mol. The van der Waals surface area contributed by atoms with Gasteiger partial charge in [-0.3, -0.25) is 0 Å². The summed E-state index contributed by atoms with van der Waals surface area (Å²) in [6.07, 6.45) is 1.63. The van der Waals surface area contributed by atoms with Gasteiger partial charge in [0.05, 0.1) is 25.1 Å². The third-order valence-corrected chi connectivity index (χ3v) is 2.05. The fraction of sp³-hybridized carbons (Fsp3) is 0.667. The van der Waals surface area contributed by atoms with E-state index < -0.39 is 0 Å². The van der Waals surface area contributed by atoms with Crippen LogP contribution >= 0.6 is 0 Å². The standard InChI is InChI=1S/C12H21NO3/c1-12(2,3)16-7-6-14-9-11-10(8-13)4-5-15-11/h4-5H,6-9,13H2,1-3H3. The molecule has 1 heterocycles. The Balaban J connectivity index is 2.16. The Morgan fingerprint density at radius 1 is 1.31 bits per heavy atom. The van der Waals surface area contributed by atoms with Crippen molar-refractivity contribution in [1.82, 2.24) is 0 Å². The van der Waals surface area contributed by atoms with E-state index in [1.165, 1.54) is 0 Å². The summed E-state index contributed by atoms with van der Waals surface area (Å²) in [5.74, 6) is 0.804. The molecule has 16 heavy (non-hydrogen) atoms. The fourth-order valence-corrected chi connectivity index (χ4v) is 1.25. The van der Waals surface area contributed by atoms with E-state index in [1.54, 1.807) is 6.26 Å². The van der Waals surface area contributed by atoms with Crippen molar-refractivity contribution in [2.24, 2.45) is 5.73 Å². The molecule has 0 aliphatic rings. The molecule has 0 aromatic carbocycles. The van der Waals surface area contributed by atoms with E-state index in [4.69, 9.17) is 19.6 Å². The number of furan rings is 1. The number of ether oxygens (including phenoxy) is 2. The maximum absolute atomic E-state index is 5.54. The van der Waals surface area contributed by atoms with Gasteiger partial charge in [0.25, 0.3) is 0 Å². The highest BCUT2D eigenvalue weighted by Gasteiger charge is 2.09. The first-order valence-electron chi connectivity index (χ1n) is 5.50. The van der Waals surface area contributed by atoms with Crippen molar-refractivity contribution in [1.29, 1.82) is 0 Å². The van der Waals surface area contributed by atoms with Crippen molar-refractivity contribution in [2.75, 3.05) is 13.2 Å². The zero-order chi connectivity index (χ0) is 12.0.